The van der Waals surface area contributed by atoms with Crippen LogP contribution >= 0.6 is 0 Å². The first kappa shape index (κ1) is 13.3. The highest BCUT2D eigenvalue weighted by Crippen LogP contribution is 2.25. The van der Waals surface area contributed by atoms with E-state index in [1.54, 1.807) is 26.2 Å². The predicted molar refractivity (Wildman–Crippen MR) is 75.8 cm³/mol. The second kappa shape index (κ2) is 5.67. The van der Waals surface area contributed by atoms with Gasteiger partial charge in [0, 0.05) is 19.7 Å². The van der Waals surface area contributed by atoms with Crippen LogP contribution in [-0.2, 0) is 6.61 Å². The van der Waals surface area contributed by atoms with E-state index in [-0.39, 0.29) is 12.5 Å². The van der Waals surface area contributed by atoms with Crippen molar-refractivity contribution < 1.29 is 9.90 Å². The van der Waals surface area contributed by atoms with E-state index in [9.17, 15) is 9.90 Å². The van der Waals surface area contributed by atoms with E-state index in [1.807, 2.05) is 36.4 Å². The van der Waals surface area contributed by atoms with E-state index in [4.69, 9.17) is 0 Å². The third-order valence-corrected chi connectivity index (χ3v) is 3.01. The van der Waals surface area contributed by atoms with Gasteiger partial charge in [0.05, 0.1) is 6.61 Å². The molecular formula is C16H17NO2. The molecule has 1 amide bonds. The van der Waals surface area contributed by atoms with Gasteiger partial charge in [0.2, 0.25) is 0 Å². The molecule has 98 valence electrons. The highest BCUT2D eigenvalue weighted by atomic mass is 16.3. The number of amides is 1. The van der Waals surface area contributed by atoms with Gasteiger partial charge in [0.1, 0.15) is 0 Å². The molecule has 3 heteroatoms. The number of nitrogens with zero attached hydrogens (tertiary/aromatic N) is 1. The fraction of sp³-hybridized carbons (Fsp3) is 0.188. The Morgan fingerprint density at radius 2 is 1.79 bits per heavy atom. The fourth-order valence-corrected chi connectivity index (χ4v) is 2.02. The second-order valence-corrected chi connectivity index (χ2v) is 4.60. The minimum absolute atomic E-state index is 0.0608. The standard InChI is InChI=1S/C16H17NO2/c1-17(2)16(19)13-8-9-15(14(10-13)11-18)12-6-4-3-5-7-12/h3-10,18H,11H2,1-2H3. The van der Waals surface area contributed by atoms with Crippen LogP contribution in [0.25, 0.3) is 11.1 Å². The van der Waals surface area contributed by atoms with Crippen LogP contribution in [0.5, 0.6) is 0 Å². The average Bonchev–Trinajstić information content (AvgIpc) is 2.46. The predicted octanol–water partition coefficient (Wildman–Crippen LogP) is 2.55. The summed E-state index contributed by atoms with van der Waals surface area (Å²) in [5, 5.41) is 9.50. The zero-order valence-corrected chi connectivity index (χ0v) is 11.1. The van der Waals surface area contributed by atoms with E-state index >= 15 is 0 Å². The monoisotopic (exact) mass is 255 g/mol. The summed E-state index contributed by atoms with van der Waals surface area (Å²) < 4.78 is 0. The van der Waals surface area contributed by atoms with Crippen LogP contribution in [0, 0.1) is 0 Å². The van der Waals surface area contributed by atoms with Gasteiger partial charge in [-0.1, -0.05) is 36.4 Å². The Bertz CT molecular complexity index is 577. The van der Waals surface area contributed by atoms with Crippen LogP contribution < -0.4 is 0 Å². The quantitative estimate of drug-likeness (QED) is 0.915. The molecule has 0 unspecified atom stereocenters. The molecule has 3 nitrogen and oxygen atoms in total. The van der Waals surface area contributed by atoms with Gasteiger partial charge in [-0.2, -0.15) is 0 Å². The molecule has 0 atom stereocenters. The highest BCUT2D eigenvalue weighted by molar-refractivity contribution is 5.94. The third kappa shape index (κ3) is 2.83. The van der Waals surface area contributed by atoms with Crippen molar-refractivity contribution in [1.82, 2.24) is 4.90 Å². The van der Waals surface area contributed by atoms with Crippen molar-refractivity contribution in [3.63, 3.8) is 0 Å². The molecule has 0 bridgehead atoms. The molecule has 1 N–H and O–H groups in total. The highest BCUT2D eigenvalue weighted by Gasteiger charge is 2.11. The molecule has 0 aliphatic rings. The van der Waals surface area contributed by atoms with Gasteiger partial charge in [-0.05, 0) is 28.8 Å². The summed E-state index contributed by atoms with van der Waals surface area (Å²) in [6, 6.07) is 15.3. The van der Waals surface area contributed by atoms with E-state index in [0.717, 1.165) is 16.7 Å². The lowest BCUT2D eigenvalue weighted by atomic mass is 9.97. The van der Waals surface area contributed by atoms with Gasteiger partial charge < -0.3 is 10.0 Å². The Morgan fingerprint density at radius 3 is 2.37 bits per heavy atom. The zero-order valence-electron chi connectivity index (χ0n) is 11.1. The normalized spacial score (nSPS) is 10.3. The first-order valence-electron chi connectivity index (χ1n) is 6.14. The number of benzene rings is 2. The Kier molecular flexibility index (Phi) is 3.97. The summed E-state index contributed by atoms with van der Waals surface area (Å²) in [4.78, 5) is 13.4. The molecule has 2 aromatic rings. The van der Waals surface area contributed by atoms with Crippen molar-refractivity contribution in [2.45, 2.75) is 6.61 Å². The van der Waals surface area contributed by atoms with Crippen molar-refractivity contribution in [2.24, 2.45) is 0 Å². The summed E-state index contributed by atoms with van der Waals surface area (Å²) in [7, 11) is 3.43. The molecule has 0 heterocycles. The van der Waals surface area contributed by atoms with Gasteiger partial charge in [-0.25, -0.2) is 0 Å². The van der Waals surface area contributed by atoms with Crippen LogP contribution in [0.3, 0.4) is 0 Å². The molecule has 0 aliphatic heterocycles. The SMILES string of the molecule is CN(C)C(=O)c1ccc(-c2ccccc2)c(CO)c1. The molecule has 0 aliphatic carbocycles. The van der Waals surface area contributed by atoms with Crippen LogP contribution in [0.2, 0.25) is 0 Å². The molecule has 0 spiro atoms. The lowest BCUT2D eigenvalue weighted by molar-refractivity contribution is 0.0827. The summed E-state index contributed by atoms with van der Waals surface area (Å²) in [5.41, 5.74) is 3.35. The van der Waals surface area contributed by atoms with E-state index in [2.05, 4.69) is 0 Å². The Balaban J connectivity index is 2.46. The van der Waals surface area contributed by atoms with Gasteiger partial charge in [-0.15, -0.1) is 0 Å². The average molecular weight is 255 g/mol. The van der Waals surface area contributed by atoms with Crippen molar-refractivity contribution in [2.75, 3.05) is 14.1 Å². The Morgan fingerprint density at radius 1 is 1.11 bits per heavy atom. The van der Waals surface area contributed by atoms with Crippen molar-refractivity contribution in [3.8, 4) is 11.1 Å². The molecule has 19 heavy (non-hydrogen) atoms. The van der Waals surface area contributed by atoms with Crippen LogP contribution in [0.15, 0.2) is 48.5 Å². The van der Waals surface area contributed by atoms with E-state index in [1.165, 1.54) is 4.90 Å². The number of aliphatic hydroxyl groups is 1. The van der Waals surface area contributed by atoms with E-state index in [0.29, 0.717) is 5.56 Å². The molecule has 0 saturated heterocycles. The summed E-state index contributed by atoms with van der Waals surface area (Å²) in [5.74, 6) is -0.0608. The minimum atomic E-state index is -0.0845. The molecule has 0 saturated carbocycles. The van der Waals surface area contributed by atoms with Gasteiger partial charge in [0.25, 0.3) is 5.91 Å². The summed E-state index contributed by atoms with van der Waals surface area (Å²) >= 11 is 0. The van der Waals surface area contributed by atoms with Crippen molar-refractivity contribution >= 4 is 5.91 Å². The van der Waals surface area contributed by atoms with Crippen LogP contribution in [0.1, 0.15) is 15.9 Å². The lowest BCUT2D eigenvalue weighted by Crippen LogP contribution is -2.21. The third-order valence-electron chi connectivity index (χ3n) is 3.01. The number of carbonyl (C=O) groups is 1. The van der Waals surface area contributed by atoms with Crippen LogP contribution in [-0.4, -0.2) is 30.0 Å². The molecule has 0 fully saturated rings. The van der Waals surface area contributed by atoms with Gasteiger partial charge in [-0.3, -0.25) is 4.79 Å². The Hall–Kier alpha value is -2.13. The molecular weight excluding hydrogens is 238 g/mol. The first-order chi connectivity index (χ1) is 9.13. The maximum Gasteiger partial charge on any atom is 0.253 e. The maximum absolute atomic E-state index is 11.9. The number of aliphatic hydroxyl groups excluding tert-OH is 1. The zero-order chi connectivity index (χ0) is 13.8. The number of hydrogen-bond donors (Lipinski definition) is 1. The first-order valence-corrected chi connectivity index (χ1v) is 6.14. The van der Waals surface area contributed by atoms with Crippen molar-refractivity contribution in [3.05, 3.63) is 59.7 Å². The molecule has 2 rings (SSSR count). The van der Waals surface area contributed by atoms with Crippen LogP contribution in [0.4, 0.5) is 0 Å². The summed E-state index contributed by atoms with van der Waals surface area (Å²) in [6.07, 6.45) is 0. The van der Waals surface area contributed by atoms with Gasteiger partial charge in [0.15, 0.2) is 0 Å². The molecule has 0 aromatic heterocycles. The van der Waals surface area contributed by atoms with E-state index < -0.39 is 0 Å². The summed E-state index contributed by atoms with van der Waals surface area (Å²) in [6.45, 7) is -0.0845. The number of rotatable bonds is 3. The second-order valence-electron chi connectivity index (χ2n) is 4.60. The fourth-order valence-electron chi connectivity index (χ4n) is 2.02. The van der Waals surface area contributed by atoms with Gasteiger partial charge >= 0.3 is 0 Å². The largest absolute Gasteiger partial charge is 0.392 e. The topological polar surface area (TPSA) is 40.5 Å². The smallest absolute Gasteiger partial charge is 0.253 e. The molecule has 2 aromatic carbocycles. The molecule has 0 radical (unpaired) electrons. The maximum atomic E-state index is 11.9. The lowest BCUT2D eigenvalue weighted by Gasteiger charge is -2.13. The van der Waals surface area contributed by atoms with Crippen molar-refractivity contribution in [1.29, 1.82) is 0 Å². The number of hydrogen-bond acceptors (Lipinski definition) is 2. The minimum Gasteiger partial charge on any atom is -0.392 e. The Labute approximate surface area is 113 Å². The number of carbonyl (C=O) groups excluding carboxylic acids is 1.